The monoisotopic (exact) mass is 442 g/mol. The summed E-state index contributed by atoms with van der Waals surface area (Å²) in [7, 11) is 0. The van der Waals surface area contributed by atoms with Gasteiger partial charge in [-0.1, -0.05) is 0 Å². The van der Waals surface area contributed by atoms with Gasteiger partial charge >= 0.3 is 124 Å². The molecular weight excluding hydrogens is 421 g/mol. The van der Waals surface area contributed by atoms with E-state index in [1.54, 1.807) is 12.8 Å². The van der Waals surface area contributed by atoms with Crippen molar-refractivity contribution in [3.05, 3.63) is 0 Å². The molecule has 0 nitrogen and oxygen atoms in total. The third-order valence-electron chi connectivity index (χ3n) is 3.23. The fraction of sp³-hybridized carbons (Fsp3) is 1.00. The first-order chi connectivity index (χ1) is 7.29. The van der Waals surface area contributed by atoms with Gasteiger partial charge in [0.1, 0.15) is 0 Å². The van der Waals surface area contributed by atoms with Gasteiger partial charge in [-0.25, -0.2) is 0 Å². The topological polar surface area (TPSA) is 0 Å². The van der Waals surface area contributed by atoms with Crippen LogP contribution in [-0.4, -0.2) is 54.2 Å². The molecule has 2 rings (SSSR count). The maximum absolute atomic E-state index is 4.50. The first-order valence-corrected chi connectivity index (χ1v) is 12.6. The van der Waals surface area contributed by atoms with E-state index in [1.165, 1.54) is 35.0 Å². The van der Waals surface area contributed by atoms with Crippen molar-refractivity contribution in [1.29, 1.82) is 0 Å². The Labute approximate surface area is 123 Å². The van der Waals surface area contributed by atoms with Crippen molar-refractivity contribution in [2.24, 2.45) is 0 Å². The molecule has 15 heavy (non-hydrogen) atoms. The SMILES string of the molecule is SC[Se]C12CCCCCCC1([Se]CS)[Se]2. The summed E-state index contributed by atoms with van der Waals surface area (Å²) in [6.07, 6.45) is 9.07. The van der Waals surface area contributed by atoms with Crippen molar-refractivity contribution >= 4 is 70.1 Å². The molecule has 0 aromatic rings. The van der Waals surface area contributed by atoms with E-state index >= 15 is 0 Å². The summed E-state index contributed by atoms with van der Waals surface area (Å²) < 4.78 is 4.02. The first-order valence-electron chi connectivity index (χ1n) is 5.48. The van der Waals surface area contributed by atoms with Crippen LogP contribution in [0.3, 0.4) is 0 Å². The normalized spacial score (nSPS) is 40.4. The second-order valence-electron chi connectivity index (χ2n) is 4.07. The van der Waals surface area contributed by atoms with Crippen LogP contribution in [0.2, 0.25) is 6.42 Å². The van der Waals surface area contributed by atoms with Crippen molar-refractivity contribution in [2.45, 2.75) is 44.9 Å². The van der Waals surface area contributed by atoms with Gasteiger partial charge < -0.3 is 0 Å². The van der Waals surface area contributed by atoms with Gasteiger partial charge in [0.15, 0.2) is 0 Å². The van der Waals surface area contributed by atoms with E-state index in [2.05, 4.69) is 25.3 Å². The summed E-state index contributed by atoms with van der Waals surface area (Å²) in [5, 5.41) is 0. The molecule has 0 N–H and O–H groups in total. The average Bonchev–Trinajstić information content (AvgIpc) is 2.75. The standard InChI is InChI=1S/C10H18S2Se3/c11-7-13-9-5-3-1-2-4-6-10(9,15-9)14-8-12/h11-12H,1-8H2. The molecule has 0 aromatic heterocycles. The summed E-state index contributed by atoms with van der Waals surface area (Å²) >= 11 is 11.6. The van der Waals surface area contributed by atoms with Crippen molar-refractivity contribution < 1.29 is 0 Å². The van der Waals surface area contributed by atoms with Gasteiger partial charge in [0.05, 0.1) is 0 Å². The molecule has 2 aliphatic rings. The van der Waals surface area contributed by atoms with Crippen LogP contribution in [0, 0.1) is 0 Å². The molecule has 1 aliphatic heterocycles. The summed E-state index contributed by atoms with van der Waals surface area (Å²) in [6, 6.07) is 0. The molecule has 1 saturated carbocycles. The number of fused-ring (bicyclic) bond motifs is 1. The van der Waals surface area contributed by atoms with E-state index in [9.17, 15) is 0 Å². The van der Waals surface area contributed by atoms with Crippen molar-refractivity contribution in [3.63, 3.8) is 0 Å². The molecule has 1 saturated heterocycles. The van der Waals surface area contributed by atoms with Crippen LogP contribution in [0.1, 0.15) is 38.5 Å². The van der Waals surface area contributed by atoms with E-state index in [0.717, 1.165) is 51.3 Å². The third kappa shape index (κ3) is 2.82. The van der Waals surface area contributed by atoms with Crippen LogP contribution in [0.25, 0.3) is 0 Å². The second-order valence-corrected chi connectivity index (χ2v) is 17.9. The molecule has 0 aromatic carbocycles. The van der Waals surface area contributed by atoms with Crippen LogP contribution in [0.4, 0.5) is 0 Å². The zero-order chi connectivity index (χ0) is 10.8. The van der Waals surface area contributed by atoms with Crippen molar-refractivity contribution in [1.82, 2.24) is 0 Å². The molecule has 0 bridgehead atoms. The van der Waals surface area contributed by atoms with Crippen LogP contribution >= 0.6 is 25.3 Å². The second kappa shape index (κ2) is 5.93. The quantitative estimate of drug-likeness (QED) is 0.488. The molecule has 2 atom stereocenters. The zero-order valence-corrected chi connectivity index (χ0v) is 15.7. The van der Waals surface area contributed by atoms with Crippen molar-refractivity contribution in [3.8, 4) is 0 Å². The van der Waals surface area contributed by atoms with Crippen LogP contribution in [0.15, 0.2) is 0 Å². The molecule has 88 valence electrons. The van der Waals surface area contributed by atoms with Gasteiger partial charge in [-0.15, -0.1) is 0 Å². The number of hydrogen-bond donors (Lipinski definition) is 2. The van der Waals surface area contributed by atoms with Gasteiger partial charge in [-0.05, 0) is 0 Å². The molecule has 0 spiro atoms. The van der Waals surface area contributed by atoms with E-state index in [-0.39, 0.29) is 0 Å². The van der Waals surface area contributed by atoms with Gasteiger partial charge in [-0.3, -0.25) is 0 Å². The average molecular weight is 439 g/mol. The Kier molecular flexibility index (Phi) is 5.41. The molecular formula is C10H18S2Se3. The Morgan fingerprint density at radius 2 is 1.33 bits per heavy atom. The minimum absolute atomic E-state index is 0.818. The number of thiol groups is 2. The first kappa shape index (κ1) is 13.7. The minimum atomic E-state index is 0.818. The summed E-state index contributed by atoms with van der Waals surface area (Å²) in [6.45, 7) is 0. The molecule has 0 radical (unpaired) electrons. The summed E-state index contributed by atoms with van der Waals surface area (Å²) in [5.41, 5.74) is 0. The summed E-state index contributed by atoms with van der Waals surface area (Å²) in [4.78, 5) is 0. The van der Waals surface area contributed by atoms with Gasteiger partial charge in [-0.2, -0.15) is 0 Å². The maximum atomic E-state index is 4.50. The Morgan fingerprint density at radius 3 is 1.73 bits per heavy atom. The number of hydrogen-bond acceptors (Lipinski definition) is 2. The Morgan fingerprint density at radius 1 is 0.867 bits per heavy atom. The van der Waals surface area contributed by atoms with Crippen LogP contribution in [-0.2, 0) is 0 Å². The predicted octanol–water partition coefficient (Wildman–Crippen LogP) is 2.47. The Balaban J connectivity index is 2.05. The van der Waals surface area contributed by atoms with Gasteiger partial charge in [0.2, 0.25) is 0 Å². The Hall–Kier alpha value is 2.26. The molecule has 5 heteroatoms. The molecule has 2 fully saturated rings. The fourth-order valence-corrected chi connectivity index (χ4v) is 22.5. The molecule has 2 unspecified atom stereocenters. The van der Waals surface area contributed by atoms with Gasteiger partial charge in [0.25, 0.3) is 0 Å². The summed E-state index contributed by atoms with van der Waals surface area (Å²) in [5.74, 6) is 0. The van der Waals surface area contributed by atoms with Crippen LogP contribution < -0.4 is 0 Å². The molecule has 1 aliphatic carbocycles. The predicted molar refractivity (Wildman–Crippen MR) is 78.1 cm³/mol. The van der Waals surface area contributed by atoms with E-state index in [0.29, 0.717) is 0 Å². The van der Waals surface area contributed by atoms with Crippen molar-refractivity contribution in [2.75, 3.05) is 9.30 Å². The van der Waals surface area contributed by atoms with Gasteiger partial charge in [0, 0.05) is 0 Å². The zero-order valence-electron chi connectivity index (χ0n) is 8.78. The van der Waals surface area contributed by atoms with E-state index in [4.69, 9.17) is 0 Å². The molecule has 0 amide bonds. The Bertz CT molecular complexity index is 205. The number of rotatable bonds is 4. The third-order valence-corrected chi connectivity index (χ3v) is 19.0. The fourth-order valence-electron chi connectivity index (χ4n) is 2.42. The van der Waals surface area contributed by atoms with Crippen LogP contribution in [0.5, 0.6) is 0 Å². The van der Waals surface area contributed by atoms with E-state index < -0.39 is 0 Å². The molecule has 1 heterocycles. The van der Waals surface area contributed by atoms with E-state index in [1.807, 2.05) is 0 Å².